The molecule has 0 spiro atoms. The van der Waals surface area contributed by atoms with Gasteiger partial charge in [0.2, 0.25) is 5.88 Å². The molecule has 0 aliphatic carbocycles. The van der Waals surface area contributed by atoms with Crippen LogP contribution in [0.3, 0.4) is 0 Å². The van der Waals surface area contributed by atoms with E-state index in [4.69, 9.17) is 4.74 Å². The second-order valence-electron chi connectivity index (χ2n) is 9.03. The van der Waals surface area contributed by atoms with Gasteiger partial charge in [0.15, 0.2) is 11.5 Å². The van der Waals surface area contributed by atoms with Gasteiger partial charge in [0.1, 0.15) is 0 Å². The number of benzene rings is 1. The largest absolute Gasteiger partial charge is 0.481 e. The van der Waals surface area contributed by atoms with Gasteiger partial charge in [0, 0.05) is 48.5 Å². The van der Waals surface area contributed by atoms with Gasteiger partial charge < -0.3 is 24.7 Å². The highest BCUT2D eigenvalue weighted by molar-refractivity contribution is 6.13. The lowest BCUT2D eigenvalue weighted by molar-refractivity contribution is 0.102. The molecule has 0 radical (unpaired) electrons. The van der Waals surface area contributed by atoms with E-state index in [0.29, 0.717) is 40.5 Å². The van der Waals surface area contributed by atoms with E-state index >= 15 is 0 Å². The summed E-state index contributed by atoms with van der Waals surface area (Å²) in [4.78, 5) is 29.4. The quantitative estimate of drug-likeness (QED) is 0.483. The molecule has 1 aromatic carbocycles. The molecule has 34 heavy (non-hydrogen) atoms. The molecular formula is C25H29N7O2. The van der Waals surface area contributed by atoms with Crippen LogP contribution in [-0.2, 0) is 0 Å². The summed E-state index contributed by atoms with van der Waals surface area (Å²) in [6.07, 6.45) is 3.68. The highest BCUT2D eigenvalue weighted by atomic mass is 16.5. The van der Waals surface area contributed by atoms with E-state index in [1.165, 1.54) is 0 Å². The third-order valence-electron chi connectivity index (χ3n) is 6.13. The normalized spacial score (nSPS) is 18.4. The van der Waals surface area contributed by atoms with Crippen LogP contribution < -0.4 is 20.3 Å². The second-order valence-corrected chi connectivity index (χ2v) is 9.03. The van der Waals surface area contributed by atoms with Crippen LogP contribution in [0.5, 0.6) is 5.88 Å². The lowest BCUT2D eigenvalue weighted by Crippen LogP contribution is -2.54. The summed E-state index contributed by atoms with van der Waals surface area (Å²) < 4.78 is 7.25. The molecule has 3 aromatic heterocycles. The molecule has 0 saturated carbocycles. The van der Waals surface area contributed by atoms with Crippen molar-refractivity contribution < 1.29 is 9.53 Å². The van der Waals surface area contributed by atoms with E-state index in [0.717, 1.165) is 35.6 Å². The Labute approximate surface area is 198 Å². The number of pyridine rings is 1. The first-order valence-corrected chi connectivity index (χ1v) is 11.5. The summed E-state index contributed by atoms with van der Waals surface area (Å²) in [6.45, 7) is 9.96. The minimum atomic E-state index is -0.273. The van der Waals surface area contributed by atoms with Gasteiger partial charge in [0.05, 0.1) is 35.8 Å². The Morgan fingerprint density at radius 1 is 1.06 bits per heavy atom. The highest BCUT2D eigenvalue weighted by Crippen LogP contribution is 2.32. The fourth-order valence-electron chi connectivity index (χ4n) is 4.83. The minimum Gasteiger partial charge on any atom is -0.481 e. The number of carbonyl (C=O) groups is 1. The van der Waals surface area contributed by atoms with Crippen LogP contribution in [0.25, 0.3) is 16.6 Å². The summed E-state index contributed by atoms with van der Waals surface area (Å²) in [5.41, 5.74) is 4.54. The standard InChI is InChI=1S/C25H29N7O2/c1-14-10-31(11-15(2)26-14)20-8-6-19(23-18(20)7-9-22(30-23)34-5)25(33)29-21-13-32-12-16(3)27-17(4)24(32)28-21/h6-9,12-15,26H,10-11H2,1-5H3,(H,29,33)/t14-,15-/m1/s1. The van der Waals surface area contributed by atoms with Crippen molar-refractivity contribution in [1.82, 2.24) is 24.7 Å². The number of nitrogens with zero attached hydrogens (tertiary/aromatic N) is 5. The van der Waals surface area contributed by atoms with Crippen molar-refractivity contribution in [3.63, 3.8) is 0 Å². The summed E-state index contributed by atoms with van der Waals surface area (Å²) >= 11 is 0. The molecule has 0 unspecified atom stereocenters. The number of imidazole rings is 1. The number of carbonyl (C=O) groups excluding carboxylic acids is 1. The fourth-order valence-corrected chi connectivity index (χ4v) is 4.83. The number of anilines is 2. The van der Waals surface area contributed by atoms with Gasteiger partial charge in [-0.2, -0.15) is 0 Å². The number of aryl methyl sites for hydroxylation is 2. The number of rotatable bonds is 4. The Kier molecular flexibility index (Phi) is 5.57. The Morgan fingerprint density at radius 3 is 2.56 bits per heavy atom. The molecule has 176 valence electrons. The van der Waals surface area contributed by atoms with Crippen molar-refractivity contribution in [3.05, 3.63) is 53.6 Å². The Balaban J connectivity index is 1.54. The van der Waals surface area contributed by atoms with Crippen LogP contribution in [0, 0.1) is 13.8 Å². The molecule has 1 fully saturated rings. The number of fused-ring (bicyclic) bond motifs is 2. The number of methoxy groups -OCH3 is 1. The zero-order valence-corrected chi connectivity index (χ0v) is 20.1. The van der Waals surface area contributed by atoms with Gasteiger partial charge in [-0.05, 0) is 45.9 Å². The first-order chi connectivity index (χ1) is 16.3. The fraction of sp³-hybridized carbons (Fsp3) is 0.360. The zero-order chi connectivity index (χ0) is 24.0. The summed E-state index contributed by atoms with van der Waals surface area (Å²) in [7, 11) is 1.58. The Hall–Kier alpha value is -3.72. The number of nitrogens with one attached hydrogen (secondary N) is 2. The van der Waals surface area contributed by atoms with Crippen LogP contribution in [0.1, 0.15) is 35.6 Å². The summed E-state index contributed by atoms with van der Waals surface area (Å²) in [6, 6.07) is 8.39. The number of hydrogen-bond acceptors (Lipinski definition) is 7. The van der Waals surface area contributed by atoms with Crippen LogP contribution in [0.15, 0.2) is 36.7 Å². The minimum absolute atomic E-state index is 0.273. The van der Waals surface area contributed by atoms with Crippen LogP contribution >= 0.6 is 0 Å². The van der Waals surface area contributed by atoms with Crippen molar-refractivity contribution in [1.29, 1.82) is 0 Å². The van der Waals surface area contributed by atoms with E-state index in [9.17, 15) is 4.79 Å². The number of aromatic nitrogens is 4. The molecule has 1 saturated heterocycles. The van der Waals surface area contributed by atoms with Crippen molar-refractivity contribution in [3.8, 4) is 5.88 Å². The summed E-state index contributed by atoms with van der Waals surface area (Å²) in [5, 5.41) is 7.42. The third-order valence-corrected chi connectivity index (χ3v) is 6.13. The van der Waals surface area contributed by atoms with Crippen molar-refractivity contribution in [2.45, 2.75) is 39.8 Å². The zero-order valence-electron chi connectivity index (χ0n) is 20.1. The predicted molar refractivity (Wildman–Crippen MR) is 133 cm³/mol. The van der Waals surface area contributed by atoms with Crippen LogP contribution in [0.2, 0.25) is 0 Å². The molecule has 5 rings (SSSR count). The topological polar surface area (TPSA) is 96.7 Å². The van der Waals surface area contributed by atoms with Gasteiger partial charge in [0.25, 0.3) is 5.91 Å². The average molecular weight is 460 g/mol. The molecule has 2 N–H and O–H groups in total. The van der Waals surface area contributed by atoms with Gasteiger partial charge in [-0.25, -0.2) is 9.97 Å². The number of piperazine rings is 1. The first-order valence-electron chi connectivity index (χ1n) is 11.5. The molecule has 1 aliphatic rings. The number of ether oxygens (including phenoxy) is 1. The smallest absolute Gasteiger partial charge is 0.259 e. The second kappa shape index (κ2) is 8.57. The SMILES string of the molecule is COc1ccc2c(N3C[C@@H](C)N[C@H](C)C3)ccc(C(=O)Nc3cn4cc(C)nc(C)c4n3)c2n1. The molecule has 2 atom stereocenters. The lowest BCUT2D eigenvalue weighted by Gasteiger charge is -2.38. The third kappa shape index (κ3) is 4.03. The molecule has 9 nitrogen and oxygen atoms in total. The molecule has 4 heterocycles. The van der Waals surface area contributed by atoms with E-state index in [1.54, 1.807) is 13.3 Å². The van der Waals surface area contributed by atoms with E-state index < -0.39 is 0 Å². The van der Waals surface area contributed by atoms with Crippen LogP contribution in [0.4, 0.5) is 11.5 Å². The van der Waals surface area contributed by atoms with Crippen molar-refractivity contribution >= 4 is 34.0 Å². The molecular weight excluding hydrogens is 430 g/mol. The summed E-state index contributed by atoms with van der Waals surface area (Å²) in [5.74, 6) is 0.654. The average Bonchev–Trinajstić information content (AvgIpc) is 3.19. The monoisotopic (exact) mass is 459 g/mol. The molecule has 9 heteroatoms. The van der Waals surface area contributed by atoms with Gasteiger partial charge >= 0.3 is 0 Å². The molecule has 0 bridgehead atoms. The van der Waals surface area contributed by atoms with Crippen molar-refractivity contribution in [2.24, 2.45) is 0 Å². The Morgan fingerprint density at radius 2 is 1.82 bits per heavy atom. The van der Waals surface area contributed by atoms with Gasteiger partial charge in [-0.15, -0.1) is 0 Å². The maximum Gasteiger partial charge on any atom is 0.259 e. The van der Waals surface area contributed by atoms with E-state index in [1.807, 2.05) is 48.7 Å². The molecule has 1 amide bonds. The van der Waals surface area contributed by atoms with Gasteiger partial charge in [-0.1, -0.05) is 0 Å². The number of hydrogen-bond donors (Lipinski definition) is 2. The lowest BCUT2D eigenvalue weighted by atomic mass is 10.0. The number of amides is 1. The predicted octanol–water partition coefficient (Wildman–Crippen LogP) is 3.34. The van der Waals surface area contributed by atoms with Gasteiger partial charge in [-0.3, -0.25) is 9.78 Å². The van der Waals surface area contributed by atoms with E-state index in [2.05, 4.69) is 44.3 Å². The first kappa shape index (κ1) is 22.1. The maximum absolute atomic E-state index is 13.4. The highest BCUT2D eigenvalue weighted by Gasteiger charge is 2.24. The van der Waals surface area contributed by atoms with E-state index in [-0.39, 0.29) is 5.91 Å². The molecule has 1 aliphatic heterocycles. The van der Waals surface area contributed by atoms with Crippen molar-refractivity contribution in [2.75, 3.05) is 30.4 Å². The maximum atomic E-state index is 13.4. The van der Waals surface area contributed by atoms with Crippen LogP contribution in [-0.4, -0.2) is 57.5 Å². The molecule has 4 aromatic rings. The Bertz CT molecular complexity index is 1390.